The van der Waals surface area contributed by atoms with Crippen LogP contribution in [0.1, 0.15) is 20.7 Å². The Morgan fingerprint density at radius 3 is 1.38 bits per heavy atom. The van der Waals surface area contributed by atoms with E-state index < -0.39 is 21.7 Å². The summed E-state index contributed by atoms with van der Waals surface area (Å²) < 4.78 is 10.3. The van der Waals surface area contributed by atoms with Crippen LogP contribution in [-0.2, 0) is 0 Å². The van der Waals surface area contributed by atoms with Crippen LogP contribution >= 0.6 is 0 Å². The largest absolute Gasteiger partial charge is 0.496 e. The van der Waals surface area contributed by atoms with E-state index in [1.54, 1.807) is 0 Å². The molecule has 1 aliphatic rings. The molecule has 0 radical (unpaired) electrons. The van der Waals surface area contributed by atoms with Gasteiger partial charge in [0.15, 0.2) is 0 Å². The minimum atomic E-state index is -0.598. The highest BCUT2D eigenvalue weighted by Crippen LogP contribution is 2.28. The van der Waals surface area contributed by atoms with Crippen molar-refractivity contribution in [3.05, 3.63) is 67.8 Å². The fraction of sp³-hybridized carbons (Fsp3) is 0.300. The van der Waals surface area contributed by atoms with Crippen LogP contribution in [0, 0.1) is 20.2 Å². The molecular weight excluding hydrogens is 424 g/mol. The van der Waals surface area contributed by atoms with Crippen LogP contribution in [0.2, 0.25) is 0 Å². The molecule has 1 aliphatic heterocycles. The van der Waals surface area contributed by atoms with Crippen molar-refractivity contribution in [1.82, 2.24) is 9.80 Å². The van der Waals surface area contributed by atoms with Gasteiger partial charge in [-0.05, 0) is 12.1 Å². The lowest BCUT2D eigenvalue weighted by Crippen LogP contribution is -2.50. The third-order valence-corrected chi connectivity index (χ3v) is 5.10. The first-order chi connectivity index (χ1) is 15.3. The molecule has 3 rings (SSSR count). The van der Waals surface area contributed by atoms with Gasteiger partial charge in [0.25, 0.3) is 23.2 Å². The molecule has 0 N–H and O–H groups in total. The van der Waals surface area contributed by atoms with E-state index >= 15 is 0 Å². The summed E-state index contributed by atoms with van der Waals surface area (Å²) in [6, 6.07) is 7.54. The maximum Gasteiger partial charge on any atom is 0.270 e. The van der Waals surface area contributed by atoms with Gasteiger partial charge >= 0.3 is 0 Å². The average Bonchev–Trinajstić information content (AvgIpc) is 2.82. The molecule has 2 amide bonds. The van der Waals surface area contributed by atoms with Crippen LogP contribution in [0.5, 0.6) is 11.5 Å². The number of carbonyl (C=O) groups excluding carboxylic acids is 2. The molecule has 32 heavy (non-hydrogen) atoms. The molecule has 0 saturated carbocycles. The lowest BCUT2D eigenvalue weighted by molar-refractivity contribution is -0.385. The van der Waals surface area contributed by atoms with Gasteiger partial charge in [-0.2, -0.15) is 0 Å². The van der Waals surface area contributed by atoms with Crippen molar-refractivity contribution in [2.45, 2.75) is 0 Å². The Hall–Kier alpha value is -4.22. The standard InChI is InChI=1S/C20H20N4O8/c1-31-17-5-3-13(23(27)28)11-15(17)19(25)21-7-9-22(10-8-21)20(26)16-12-14(24(29)30)4-6-18(16)32-2/h3-6,11-12H,7-10H2,1-2H3. The number of benzene rings is 2. The molecule has 1 fully saturated rings. The van der Waals surface area contributed by atoms with E-state index in [2.05, 4.69) is 0 Å². The van der Waals surface area contributed by atoms with Gasteiger partial charge in [0.2, 0.25) is 0 Å². The second-order valence-electron chi connectivity index (χ2n) is 6.87. The molecular formula is C20H20N4O8. The van der Waals surface area contributed by atoms with Gasteiger partial charge in [-0.15, -0.1) is 0 Å². The van der Waals surface area contributed by atoms with E-state index in [4.69, 9.17) is 9.47 Å². The lowest BCUT2D eigenvalue weighted by Gasteiger charge is -2.35. The van der Waals surface area contributed by atoms with Gasteiger partial charge in [-0.25, -0.2) is 0 Å². The molecule has 0 bridgehead atoms. The van der Waals surface area contributed by atoms with E-state index in [1.807, 2.05) is 0 Å². The minimum absolute atomic E-state index is 0.0572. The number of nitro benzene ring substituents is 2. The number of rotatable bonds is 6. The molecule has 2 aromatic carbocycles. The smallest absolute Gasteiger partial charge is 0.270 e. The number of piperazine rings is 1. The SMILES string of the molecule is COc1ccc([N+](=O)[O-])cc1C(=O)N1CCN(C(=O)c2cc([N+](=O)[O-])ccc2OC)CC1. The monoisotopic (exact) mass is 444 g/mol. The van der Waals surface area contributed by atoms with Crippen LogP contribution < -0.4 is 9.47 Å². The van der Waals surface area contributed by atoms with Crippen molar-refractivity contribution >= 4 is 23.2 Å². The predicted octanol–water partition coefficient (Wildman–Crippen LogP) is 2.12. The van der Waals surface area contributed by atoms with Crippen molar-refractivity contribution in [3.8, 4) is 11.5 Å². The Morgan fingerprint density at radius 2 is 1.09 bits per heavy atom. The van der Waals surface area contributed by atoms with Gasteiger partial charge in [0, 0.05) is 50.4 Å². The number of nitro groups is 2. The van der Waals surface area contributed by atoms with Crippen LogP contribution in [-0.4, -0.2) is 71.9 Å². The van der Waals surface area contributed by atoms with Crippen molar-refractivity contribution < 1.29 is 28.9 Å². The molecule has 1 saturated heterocycles. The summed E-state index contributed by atoms with van der Waals surface area (Å²) in [5.41, 5.74) is -0.356. The van der Waals surface area contributed by atoms with Gasteiger partial charge in [-0.1, -0.05) is 0 Å². The first kappa shape index (κ1) is 22.5. The summed E-state index contributed by atoms with van der Waals surface area (Å²) >= 11 is 0. The molecule has 0 atom stereocenters. The molecule has 0 spiro atoms. The van der Waals surface area contributed by atoms with Crippen LogP contribution in [0.3, 0.4) is 0 Å². The maximum absolute atomic E-state index is 12.9. The van der Waals surface area contributed by atoms with E-state index in [-0.39, 0.29) is 60.2 Å². The van der Waals surface area contributed by atoms with Crippen molar-refractivity contribution in [3.63, 3.8) is 0 Å². The summed E-state index contributed by atoms with van der Waals surface area (Å²) in [5, 5.41) is 22.1. The van der Waals surface area contributed by atoms with Crippen molar-refractivity contribution in [1.29, 1.82) is 0 Å². The summed E-state index contributed by atoms with van der Waals surface area (Å²) in [6.45, 7) is 0.697. The zero-order valence-electron chi connectivity index (χ0n) is 17.3. The van der Waals surface area contributed by atoms with E-state index in [0.717, 1.165) is 12.1 Å². The molecule has 0 aromatic heterocycles. The minimum Gasteiger partial charge on any atom is -0.496 e. The first-order valence-electron chi connectivity index (χ1n) is 9.50. The third kappa shape index (κ3) is 4.43. The highest BCUT2D eigenvalue weighted by molar-refractivity contribution is 5.99. The highest BCUT2D eigenvalue weighted by Gasteiger charge is 2.29. The topological polar surface area (TPSA) is 145 Å². The zero-order valence-corrected chi connectivity index (χ0v) is 17.3. The number of nitrogens with zero attached hydrogens (tertiary/aromatic N) is 4. The number of hydrogen-bond acceptors (Lipinski definition) is 8. The van der Waals surface area contributed by atoms with E-state index in [1.165, 1.54) is 48.3 Å². The van der Waals surface area contributed by atoms with Gasteiger partial charge in [0.05, 0.1) is 35.2 Å². The highest BCUT2D eigenvalue weighted by atomic mass is 16.6. The fourth-order valence-corrected chi connectivity index (χ4v) is 3.41. The van der Waals surface area contributed by atoms with Crippen LogP contribution in [0.25, 0.3) is 0 Å². The summed E-state index contributed by atoms with van der Waals surface area (Å²) in [4.78, 5) is 49.8. The van der Waals surface area contributed by atoms with Crippen molar-refractivity contribution in [2.24, 2.45) is 0 Å². The molecule has 0 aliphatic carbocycles. The van der Waals surface area contributed by atoms with Crippen molar-refractivity contribution in [2.75, 3.05) is 40.4 Å². The summed E-state index contributed by atoms with van der Waals surface area (Å²) in [6.07, 6.45) is 0. The third-order valence-electron chi connectivity index (χ3n) is 5.10. The number of non-ortho nitro benzene ring substituents is 2. The molecule has 168 valence electrons. The Labute approximate surface area is 182 Å². The summed E-state index contributed by atoms with van der Waals surface area (Å²) in [5.74, 6) is -0.489. The second-order valence-corrected chi connectivity index (χ2v) is 6.87. The molecule has 12 heteroatoms. The van der Waals surface area contributed by atoms with Crippen LogP contribution in [0.4, 0.5) is 11.4 Å². The maximum atomic E-state index is 12.9. The molecule has 2 aromatic rings. The number of ether oxygens (including phenoxy) is 2. The average molecular weight is 444 g/mol. The lowest BCUT2D eigenvalue weighted by atomic mass is 10.1. The fourth-order valence-electron chi connectivity index (χ4n) is 3.41. The Kier molecular flexibility index (Phi) is 6.52. The second kappa shape index (κ2) is 9.29. The van der Waals surface area contributed by atoms with Gasteiger partial charge in [-0.3, -0.25) is 29.8 Å². The van der Waals surface area contributed by atoms with Gasteiger partial charge in [0.1, 0.15) is 11.5 Å². The molecule has 1 heterocycles. The predicted molar refractivity (Wildman–Crippen MR) is 111 cm³/mol. The summed E-state index contributed by atoms with van der Waals surface area (Å²) in [7, 11) is 2.72. The van der Waals surface area contributed by atoms with E-state index in [9.17, 15) is 29.8 Å². The quantitative estimate of drug-likeness (QED) is 0.486. The van der Waals surface area contributed by atoms with Gasteiger partial charge < -0.3 is 19.3 Å². The number of carbonyl (C=O) groups is 2. The Balaban J connectivity index is 1.76. The van der Waals surface area contributed by atoms with E-state index in [0.29, 0.717) is 0 Å². The Bertz CT molecular complexity index is 994. The van der Waals surface area contributed by atoms with Crippen LogP contribution in [0.15, 0.2) is 36.4 Å². The molecule has 12 nitrogen and oxygen atoms in total. The number of methoxy groups -OCH3 is 2. The normalized spacial score (nSPS) is 13.4. The molecule has 0 unspecified atom stereocenters. The Morgan fingerprint density at radius 1 is 0.750 bits per heavy atom. The number of hydrogen-bond donors (Lipinski definition) is 0. The first-order valence-corrected chi connectivity index (χ1v) is 9.50. The zero-order chi connectivity index (χ0) is 23.4. The number of amides is 2.